The van der Waals surface area contributed by atoms with Crippen molar-refractivity contribution in [2.24, 2.45) is 0 Å². The number of amides is 1. The van der Waals surface area contributed by atoms with E-state index in [9.17, 15) is 13.2 Å². The number of carbonyl (C=O) groups is 1. The number of benzene rings is 3. The van der Waals surface area contributed by atoms with Gasteiger partial charge in [0.05, 0.1) is 17.2 Å². The summed E-state index contributed by atoms with van der Waals surface area (Å²) >= 11 is 0. The molecule has 0 atom stereocenters. The molecule has 7 heteroatoms. The lowest BCUT2D eigenvalue weighted by Gasteiger charge is -2.25. The number of carbonyl (C=O) groups excluding carboxylic acids is 1. The van der Waals surface area contributed by atoms with Crippen molar-refractivity contribution >= 4 is 21.6 Å². The van der Waals surface area contributed by atoms with E-state index < -0.39 is 10.0 Å². The number of aryl methyl sites for hydroxylation is 4. The van der Waals surface area contributed by atoms with Gasteiger partial charge in [-0.2, -0.15) is 0 Å². The number of hydrogen-bond donors (Lipinski definition) is 1. The summed E-state index contributed by atoms with van der Waals surface area (Å²) in [5.41, 5.74) is 4.53. The molecule has 186 valence electrons. The molecule has 0 saturated heterocycles. The number of para-hydroxylation sites is 1. The summed E-state index contributed by atoms with van der Waals surface area (Å²) in [6, 6.07) is 19.9. The first kappa shape index (κ1) is 26.3. The number of rotatable bonds is 11. The van der Waals surface area contributed by atoms with Crippen LogP contribution in [0.4, 0.5) is 5.69 Å². The van der Waals surface area contributed by atoms with E-state index in [1.54, 1.807) is 36.4 Å². The van der Waals surface area contributed by atoms with Gasteiger partial charge in [0.2, 0.25) is 5.91 Å². The summed E-state index contributed by atoms with van der Waals surface area (Å²) in [4.78, 5) is 13.0. The Morgan fingerprint density at radius 1 is 0.943 bits per heavy atom. The molecule has 0 fully saturated rings. The van der Waals surface area contributed by atoms with Crippen molar-refractivity contribution in [1.82, 2.24) is 5.32 Å². The van der Waals surface area contributed by atoms with Crippen LogP contribution < -0.4 is 14.4 Å². The highest BCUT2D eigenvalue weighted by Crippen LogP contribution is 2.26. The maximum absolute atomic E-state index is 13.5. The van der Waals surface area contributed by atoms with Gasteiger partial charge in [-0.15, -0.1) is 0 Å². The van der Waals surface area contributed by atoms with Crippen molar-refractivity contribution in [2.75, 3.05) is 24.0 Å². The maximum Gasteiger partial charge on any atom is 0.264 e. The number of ether oxygens (including phenoxy) is 1. The predicted molar refractivity (Wildman–Crippen MR) is 141 cm³/mol. The van der Waals surface area contributed by atoms with Crippen molar-refractivity contribution in [1.29, 1.82) is 0 Å². The Kier molecular flexibility index (Phi) is 8.93. The van der Waals surface area contributed by atoms with Gasteiger partial charge < -0.3 is 10.1 Å². The average molecular weight is 495 g/mol. The highest BCUT2D eigenvalue weighted by molar-refractivity contribution is 7.92. The molecule has 3 aromatic carbocycles. The molecule has 0 radical (unpaired) electrons. The van der Waals surface area contributed by atoms with Crippen LogP contribution in [0.5, 0.6) is 5.75 Å². The molecule has 0 unspecified atom stereocenters. The molecule has 35 heavy (non-hydrogen) atoms. The molecular weight excluding hydrogens is 460 g/mol. The van der Waals surface area contributed by atoms with Gasteiger partial charge in [0.25, 0.3) is 10.0 Å². The highest BCUT2D eigenvalue weighted by atomic mass is 32.2. The number of sulfonamides is 1. The largest absolute Gasteiger partial charge is 0.494 e. The lowest BCUT2D eigenvalue weighted by molar-refractivity contribution is -0.119. The fourth-order valence-corrected chi connectivity index (χ4v) is 5.15. The standard InChI is InChI=1S/C28H34N2O4S/c1-5-34-27-11-7-6-9-24(27)10-8-18-29-28(31)20-30(25-15-14-22(3)23(4)19-25)35(32,33)26-16-12-21(2)13-17-26/h6-7,9,11-17,19H,5,8,10,18,20H2,1-4H3,(H,29,31). The third-order valence-electron chi connectivity index (χ3n) is 5.89. The molecule has 6 nitrogen and oxygen atoms in total. The molecule has 0 heterocycles. The first-order chi connectivity index (χ1) is 16.7. The summed E-state index contributed by atoms with van der Waals surface area (Å²) in [6.45, 7) is 8.47. The van der Waals surface area contributed by atoms with E-state index >= 15 is 0 Å². The van der Waals surface area contributed by atoms with E-state index in [0.717, 1.165) is 34.4 Å². The quantitative estimate of drug-likeness (QED) is 0.383. The molecule has 3 aromatic rings. The lowest BCUT2D eigenvalue weighted by Crippen LogP contribution is -2.41. The van der Waals surface area contributed by atoms with Crippen LogP contribution in [0.15, 0.2) is 71.6 Å². The van der Waals surface area contributed by atoms with Crippen molar-refractivity contribution in [3.8, 4) is 5.75 Å². The van der Waals surface area contributed by atoms with E-state index in [0.29, 0.717) is 25.3 Å². The SMILES string of the molecule is CCOc1ccccc1CCCNC(=O)CN(c1ccc(C)c(C)c1)S(=O)(=O)c1ccc(C)cc1. The van der Waals surface area contributed by atoms with Crippen LogP contribution in [-0.4, -0.2) is 34.0 Å². The first-order valence-electron chi connectivity index (χ1n) is 11.9. The lowest BCUT2D eigenvalue weighted by atomic mass is 10.1. The zero-order valence-electron chi connectivity index (χ0n) is 20.9. The van der Waals surface area contributed by atoms with Crippen LogP contribution in [0.1, 0.15) is 35.6 Å². The van der Waals surface area contributed by atoms with Crippen LogP contribution >= 0.6 is 0 Å². The minimum atomic E-state index is -3.93. The second-order valence-electron chi connectivity index (χ2n) is 8.59. The van der Waals surface area contributed by atoms with E-state index in [2.05, 4.69) is 5.32 Å². The van der Waals surface area contributed by atoms with Gasteiger partial charge in [-0.3, -0.25) is 9.10 Å². The minimum absolute atomic E-state index is 0.154. The van der Waals surface area contributed by atoms with Gasteiger partial charge in [0, 0.05) is 6.54 Å². The summed E-state index contributed by atoms with van der Waals surface area (Å²) in [6.07, 6.45) is 1.46. The Morgan fingerprint density at radius 3 is 2.34 bits per heavy atom. The van der Waals surface area contributed by atoms with Gasteiger partial charge in [0.1, 0.15) is 12.3 Å². The third-order valence-corrected chi connectivity index (χ3v) is 7.68. The van der Waals surface area contributed by atoms with Crippen LogP contribution in [0.3, 0.4) is 0 Å². The predicted octanol–water partition coefficient (Wildman–Crippen LogP) is 4.95. The summed E-state index contributed by atoms with van der Waals surface area (Å²) < 4.78 is 33.9. The smallest absolute Gasteiger partial charge is 0.264 e. The van der Waals surface area contributed by atoms with Crippen LogP contribution in [0, 0.1) is 20.8 Å². The van der Waals surface area contributed by atoms with Crippen molar-refractivity contribution in [3.63, 3.8) is 0 Å². The number of anilines is 1. The third kappa shape index (κ3) is 6.85. The fourth-order valence-electron chi connectivity index (χ4n) is 3.73. The molecule has 0 aliphatic rings. The molecule has 3 rings (SSSR count). The molecule has 0 aliphatic carbocycles. The first-order valence-corrected chi connectivity index (χ1v) is 13.3. The summed E-state index contributed by atoms with van der Waals surface area (Å²) in [5, 5.41) is 2.88. The van der Waals surface area contributed by atoms with Crippen molar-refractivity contribution < 1.29 is 17.9 Å². The molecule has 0 bridgehead atoms. The second-order valence-corrected chi connectivity index (χ2v) is 10.4. The van der Waals surface area contributed by atoms with Crippen LogP contribution in [-0.2, 0) is 21.2 Å². The number of hydrogen-bond acceptors (Lipinski definition) is 4. The normalized spacial score (nSPS) is 11.2. The Hall–Kier alpha value is -3.32. The molecule has 1 amide bonds. The Morgan fingerprint density at radius 2 is 1.66 bits per heavy atom. The fraction of sp³-hybridized carbons (Fsp3) is 0.321. The monoisotopic (exact) mass is 494 g/mol. The average Bonchev–Trinajstić information content (AvgIpc) is 2.83. The molecular formula is C28H34N2O4S. The van der Waals surface area contributed by atoms with Gasteiger partial charge >= 0.3 is 0 Å². The van der Waals surface area contributed by atoms with Crippen molar-refractivity contribution in [2.45, 2.75) is 45.4 Å². The summed E-state index contributed by atoms with van der Waals surface area (Å²) in [5.74, 6) is 0.503. The van der Waals surface area contributed by atoms with Gasteiger partial charge in [-0.05, 0) is 87.6 Å². The zero-order chi connectivity index (χ0) is 25.4. The van der Waals surface area contributed by atoms with Crippen LogP contribution in [0.2, 0.25) is 0 Å². The molecule has 0 saturated carbocycles. The van der Waals surface area contributed by atoms with E-state index in [1.165, 1.54) is 4.31 Å². The summed E-state index contributed by atoms with van der Waals surface area (Å²) in [7, 11) is -3.93. The maximum atomic E-state index is 13.5. The number of nitrogens with one attached hydrogen (secondary N) is 1. The number of nitrogens with zero attached hydrogens (tertiary/aromatic N) is 1. The Labute approximate surface area is 209 Å². The van der Waals surface area contributed by atoms with Gasteiger partial charge in [-0.25, -0.2) is 8.42 Å². The van der Waals surface area contributed by atoms with E-state index in [4.69, 9.17) is 4.74 Å². The Bertz CT molecular complexity index is 1250. The topological polar surface area (TPSA) is 75.7 Å². The van der Waals surface area contributed by atoms with Crippen LogP contribution in [0.25, 0.3) is 0 Å². The zero-order valence-corrected chi connectivity index (χ0v) is 21.7. The molecule has 0 aliphatic heterocycles. The molecule has 0 spiro atoms. The molecule has 1 N–H and O–H groups in total. The van der Waals surface area contributed by atoms with Crippen molar-refractivity contribution in [3.05, 3.63) is 89.0 Å². The van der Waals surface area contributed by atoms with E-state index in [-0.39, 0.29) is 17.3 Å². The minimum Gasteiger partial charge on any atom is -0.494 e. The van der Waals surface area contributed by atoms with E-state index in [1.807, 2.05) is 58.0 Å². The van der Waals surface area contributed by atoms with Gasteiger partial charge in [-0.1, -0.05) is 42.0 Å². The Balaban J connectivity index is 1.72. The molecule has 0 aromatic heterocycles. The second kappa shape index (κ2) is 11.9. The highest BCUT2D eigenvalue weighted by Gasteiger charge is 2.27. The van der Waals surface area contributed by atoms with Gasteiger partial charge in [0.15, 0.2) is 0 Å².